The first-order valence-electron chi connectivity index (χ1n) is 8.73. The summed E-state index contributed by atoms with van der Waals surface area (Å²) in [5.74, 6) is -1.42. The molecule has 1 aliphatic rings. The van der Waals surface area contributed by atoms with Gasteiger partial charge in [0.1, 0.15) is 0 Å². The quantitative estimate of drug-likeness (QED) is 0.427. The highest BCUT2D eigenvalue weighted by Crippen LogP contribution is 2.17. The van der Waals surface area contributed by atoms with Crippen molar-refractivity contribution >= 4 is 35.4 Å². The summed E-state index contributed by atoms with van der Waals surface area (Å²) in [6.45, 7) is 6.61. The first-order valence-corrected chi connectivity index (χ1v) is 9.14. The van der Waals surface area contributed by atoms with E-state index >= 15 is 0 Å². The predicted molar refractivity (Wildman–Crippen MR) is 104 cm³/mol. The molecule has 1 saturated heterocycles. The number of rotatable bonds is 7. The van der Waals surface area contributed by atoms with E-state index in [1.54, 1.807) is 0 Å². The van der Waals surface area contributed by atoms with Crippen molar-refractivity contribution in [2.45, 2.75) is 39.7 Å². The molecule has 0 bridgehead atoms. The summed E-state index contributed by atoms with van der Waals surface area (Å²) in [6.07, 6.45) is 3.29. The van der Waals surface area contributed by atoms with Crippen molar-refractivity contribution in [2.24, 2.45) is 10.9 Å². The molecule has 2 amide bonds. The molecule has 2 rings (SSSR count). The monoisotopic (exact) mass is 359 g/mol. The number of thiocarbonyl (C=S) groups is 1. The Morgan fingerprint density at radius 2 is 1.68 bits per heavy atom. The second-order valence-corrected chi connectivity index (χ2v) is 6.46. The zero-order valence-corrected chi connectivity index (χ0v) is 15.8. The summed E-state index contributed by atoms with van der Waals surface area (Å²) >= 11 is 5.25. The Kier molecular flexibility index (Phi) is 6.82. The van der Waals surface area contributed by atoms with Gasteiger partial charge in [-0.1, -0.05) is 30.3 Å². The van der Waals surface area contributed by atoms with Gasteiger partial charge in [-0.15, -0.1) is 0 Å². The van der Waals surface area contributed by atoms with Crippen LogP contribution in [0.3, 0.4) is 0 Å². The van der Waals surface area contributed by atoms with E-state index in [0.717, 1.165) is 12.8 Å². The molecule has 1 aliphatic heterocycles. The molecule has 1 fully saturated rings. The van der Waals surface area contributed by atoms with Crippen LogP contribution in [0.2, 0.25) is 0 Å². The van der Waals surface area contributed by atoms with Gasteiger partial charge in [0.2, 0.25) is 11.8 Å². The average molecular weight is 359 g/mol. The molecule has 0 N–H and O–H groups in total. The summed E-state index contributed by atoms with van der Waals surface area (Å²) in [6, 6.07) is 10.2. The minimum atomic E-state index is -0.870. The molecule has 0 radical (unpaired) electrons. The van der Waals surface area contributed by atoms with Gasteiger partial charge in [0, 0.05) is 25.3 Å². The number of carbonyl (C=O) groups is 2. The highest BCUT2D eigenvalue weighted by Gasteiger charge is 2.41. The lowest BCUT2D eigenvalue weighted by Crippen LogP contribution is -2.59. The number of amides is 2. The Morgan fingerprint density at radius 3 is 2.20 bits per heavy atom. The molecule has 0 spiro atoms. The van der Waals surface area contributed by atoms with Crippen LogP contribution in [0, 0.1) is 5.92 Å². The number of carbonyl (C=O) groups excluding carboxylic acids is 2. The van der Waals surface area contributed by atoms with E-state index in [-0.39, 0.29) is 17.9 Å². The van der Waals surface area contributed by atoms with Gasteiger partial charge in [-0.2, -0.15) is 0 Å². The van der Waals surface area contributed by atoms with Gasteiger partial charge in [0.25, 0.3) is 0 Å². The molecule has 1 atom stereocenters. The Hall–Kier alpha value is -2.08. The van der Waals surface area contributed by atoms with E-state index in [1.807, 2.05) is 39.0 Å². The van der Waals surface area contributed by atoms with Crippen LogP contribution in [0.5, 0.6) is 0 Å². The highest BCUT2D eigenvalue weighted by molar-refractivity contribution is 7.80. The Morgan fingerprint density at radius 1 is 1.12 bits per heavy atom. The molecule has 0 saturated carbocycles. The summed E-state index contributed by atoms with van der Waals surface area (Å²) in [5, 5.41) is 0.293. The van der Waals surface area contributed by atoms with Crippen molar-refractivity contribution in [3.8, 4) is 0 Å². The number of aryl methyl sites for hydroxylation is 1. The van der Waals surface area contributed by atoms with Crippen molar-refractivity contribution in [3.05, 3.63) is 35.9 Å². The van der Waals surface area contributed by atoms with Crippen LogP contribution in [-0.4, -0.2) is 52.1 Å². The van der Waals surface area contributed by atoms with E-state index in [4.69, 9.17) is 12.2 Å². The third-order valence-electron chi connectivity index (χ3n) is 4.34. The van der Waals surface area contributed by atoms with Gasteiger partial charge in [0.15, 0.2) is 11.0 Å². The standard InChI is InChI=1S/C19H25N3O2S/c1-4-21-17(23)16(18(24)22(5-2)19(21)25)13-20-14(3)11-12-15-9-7-6-8-10-15/h6-10,13-14,16H,4-5,11-12H2,1-3H3/t14-/m0/s1. The number of benzene rings is 1. The van der Waals surface area contributed by atoms with Crippen molar-refractivity contribution in [3.63, 3.8) is 0 Å². The van der Waals surface area contributed by atoms with Crippen LogP contribution < -0.4 is 0 Å². The summed E-state index contributed by atoms with van der Waals surface area (Å²) in [4.78, 5) is 32.5. The number of hydrogen-bond donors (Lipinski definition) is 0. The number of hydrogen-bond acceptors (Lipinski definition) is 4. The molecule has 6 heteroatoms. The lowest BCUT2D eigenvalue weighted by Gasteiger charge is -2.37. The predicted octanol–water partition coefficient (Wildman–Crippen LogP) is 2.69. The smallest absolute Gasteiger partial charge is 0.246 e. The minimum Gasteiger partial charge on any atom is -0.293 e. The van der Waals surface area contributed by atoms with Crippen molar-refractivity contribution in [1.82, 2.24) is 9.80 Å². The van der Waals surface area contributed by atoms with Crippen LogP contribution in [0.1, 0.15) is 32.8 Å². The molecule has 134 valence electrons. The highest BCUT2D eigenvalue weighted by atomic mass is 32.1. The lowest BCUT2D eigenvalue weighted by molar-refractivity contribution is -0.143. The second-order valence-electron chi connectivity index (χ2n) is 6.10. The maximum Gasteiger partial charge on any atom is 0.246 e. The maximum absolute atomic E-state index is 12.5. The van der Waals surface area contributed by atoms with Crippen LogP contribution in [-0.2, 0) is 16.0 Å². The van der Waals surface area contributed by atoms with Crippen LogP contribution in [0.4, 0.5) is 0 Å². The van der Waals surface area contributed by atoms with Crippen LogP contribution in [0.25, 0.3) is 0 Å². The van der Waals surface area contributed by atoms with Gasteiger partial charge in [0.05, 0.1) is 0 Å². The third-order valence-corrected chi connectivity index (χ3v) is 4.78. The average Bonchev–Trinajstić information content (AvgIpc) is 2.61. The van der Waals surface area contributed by atoms with Crippen LogP contribution in [0.15, 0.2) is 35.3 Å². The van der Waals surface area contributed by atoms with Gasteiger partial charge in [-0.05, 0) is 51.4 Å². The molecule has 1 aromatic rings. The molecule has 0 unspecified atom stereocenters. The van der Waals surface area contributed by atoms with E-state index < -0.39 is 5.92 Å². The topological polar surface area (TPSA) is 53.0 Å². The number of nitrogens with zero attached hydrogens (tertiary/aromatic N) is 3. The molecule has 5 nitrogen and oxygen atoms in total. The summed E-state index contributed by atoms with van der Waals surface area (Å²) in [5.41, 5.74) is 1.26. The molecule has 25 heavy (non-hydrogen) atoms. The molecule has 1 aromatic carbocycles. The van der Waals surface area contributed by atoms with E-state index in [9.17, 15) is 9.59 Å². The van der Waals surface area contributed by atoms with Crippen molar-refractivity contribution in [1.29, 1.82) is 0 Å². The lowest BCUT2D eigenvalue weighted by atomic mass is 10.0. The minimum absolute atomic E-state index is 0.0415. The van der Waals surface area contributed by atoms with Crippen molar-refractivity contribution < 1.29 is 9.59 Å². The zero-order valence-electron chi connectivity index (χ0n) is 15.0. The molecular weight excluding hydrogens is 334 g/mol. The van der Waals surface area contributed by atoms with Crippen LogP contribution >= 0.6 is 12.2 Å². The first kappa shape index (κ1) is 19.2. The van der Waals surface area contributed by atoms with Gasteiger partial charge in [-0.25, -0.2) is 0 Å². The molecule has 0 aliphatic carbocycles. The summed E-state index contributed by atoms with van der Waals surface area (Å²) < 4.78 is 0. The number of aliphatic imine (C=N–C) groups is 1. The molecule has 0 aromatic heterocycles. The molecular formula is C19H25N3O2S. The molecule has 1 heterocycles. The fourth-order valence-corrected chi connectivity index (χ4v) is 3.25. The fraction of sp³-hybridized carbons (Fsp3) is 0.474. The fourth-order valence-electron chi connectivity index (χ4n) is 2.81. The van der Waals surface area contributed by atoms with E-state index in [0.29, 0.717) is 18.2 Å². The van der Waals surface area contributed by atoms with E-state index in [2.05, 4.69) is 17.1 Å². The van der Waals surface area contributed by atoms with Gasteiger partial charge >= 0.3 is 0 Å². The largest absolute Gasteiger partial charge is 0.293 e. The van der Waals surface area contributed by atoms with Gasteiger partial charge < -0.3 is 0 Å². The zero-order chi connectivity index (χ0) is 18.4. The third kappa shape index (κ3) is 4.51. The van der Waals surface area contributed by atoms with E-state index in [1.165, 1.54) is 21.6 Å². The maximum atomic E-state index is 12.5. The van der Waals surface area contributed by atoms with Gasteiger partial charge in [-0.3, -0.25) is 24.4 Å². The van der Waals surface area contributed by atoms with Crippen molar-refractivity contribution in [2.75, 3.05) is 13.1 Å². The first-order chi connectivity index (χ1) is 12.0. The normalized spacial score (nSPS) is 17.6. The Labute approximate surface area is 154 Å². The Bertz CT molecular complexity index is 634. The Balaban J connectivity index is 2.03. The second kappa shape index (κ2) is 8.85. The SMILES string of the molecule is CCN1C(=O)C(C=N[C@@H](C)CCc2ccccc2)C(=O)N(CC)C1=S. The summed E-state index contributed by atoms with van der Waals surface area (Å²) in [7, 11) is 0.